The zero-order chi connectivity index (χ0) is 30.8. The molecule has 0 heterocycles. The number of halogens is 4. The number of unbranched alkanes of at least 4 members (excludes halogenated alkanes) is 1. The second kappa shape index (κ2) is 18.5. The molecule has 2 aromatic rings. The van der Waals surface area contributed by atoms with Crippen LogP contribution in [0.5, 0.6) is 0 Å². The highest BCUT2D eigenvalue weighted by atomic mass is 35.5. The molecule has 11 nitrogen and oxygen atoms in total. The molecule has 41 heavy (non-hydrogen) atoms. The van der Waals surface area contributed by atoms with Crippen LogP contribution in [0.4, 0.5) is 18.0 Å². The third-order valence-electron chi connectivity index (χ3n) is 5.15. The minimum absolute atomic E-state index is 0.00638. The summed E-state index contributed by atoms with van der Waals surface area (Å²) < 4.78 is 42.3. The summed E-state index contributed by atoms with van der Waals surface area (Å²) in [5.41, 5.74) is 12.9. The number of alkyl carbamates (subject to hydrolysis) is 1. The number of aliphatic carboxylic acids is 1. The SMILES string of the molecule is NC(=O)[C@H](CCCCNC(=O)OCc1ccccc1Cl)NC(=O)[C@@H](N)COCc1ccccc1.O=C(O)C(F)(F)F. The molecule has 0 fully saturated rings. The molecule has 15 heteroatoms. The van der Waals surface area contributed by atoms with Gasteiger partial charge in [-0.2, -0.15) is 13.2 Å². The van der Waals surface area contributed by atoms with Gasteiger partial charge >= 0.3 is 18.2 Å². The van der Waals surface area contributed by atoms with Crippen molar-refractivity contribution >= 4 is 35.5 Å². The van der Waals surface area contributed by atoms with Crippen LogP contribution in [0.1, 0.15) is 30.4 Å². The number of ether oxygens (including phenoxy) is 2. The Labute approximate surface area is 239 Å². The zero-order valence-corrected chi connectivity index (χ0v) is 22.6. The number of hydrogen-bond donors (Lipinski definition) is 5. The second-order valence-electron chi connectivity index (χ2n) is 8.46. The van der Waals surface area contributed by atoms with Gasteiger partial charge in [0.2, 0.25) is 11.8 Å². The van der Waals surface area contributed by atoms with Crippen molar-refractivity contribution < 1.29 is 46.9 Å². The highest BCUT2D eigenvalue weighted by molar-refractivity contribution is 6.31. The number of nitrogens with two attached hydrogens (primary N) is 2. The molecule has 2 aromatic carbocycles. The molecular weight excluding hydrogens is 573 g/mol. The van der Waals surface area contributed by atoms with Crippen LogP contribution in [0.2, 0.25) is 5.02 Å². The average Bonchev–Trinajstić information content (AvgIpc) is 2.91. The van der Waals surface area contributed by atoms with Crippen LogP contribution in [-0.4, -0.2) is 60.4 Å². The standard InChI is InChI=1S/C24H31ClN4O5.C2HF3O2/c25-19-11-5-4-10-18(19)15-34-24(32)28-13-7-6-12-21(22(27)30)29-23(31)20(26)16-33-14-17-8-2-1-3-9-17;3-2(4,5)1(6)7/h1-5,8-11,20-21H,6-7,12-16,26H2,(H2,27,30)(H,28,32)(H,29,31);(H,6,7)/t20-,21-;/m0./s1. The molecule has 0 spiro atoms. The van der Waals surface area contributed by atoms with Crippen molar-refractivity contribution in [2.24, 2.45) is 11.5 Å². The van der Waals surface area contributed by atoms with Crippen LogP contribution in [0.25, 0.3) is 0 Å². The Morgan fingerprint density at radius 3 is 2.17 bits per heavy atom. The summed E-state index contributed by atoms with van der Waals surface area (Å²) >= 11 is 6.02. The van der Waals surface area contributed by atoms with Gasteiger partial charge in [0.1, 0.15) is 18.7 Å². The maximum absolute atomic E-state index is 12.3. The van der Waals surface area contributed by atoms with E-state index < -0.39 is 42.1 Å². The first-order valence-electron chi connectivity index (χ1n) is 12.2. The predicted octanol–water partition coefficient (Wildman–Crippen LogP) is 2.88. The van der Waals surface area contributed by atoms with Crippen molar-refractivity contribution in [3.8, 4) is 0 Å². The van der Waals surface area contributed by atoms with Gasteiger partial charge in [0.05, 0.1) is 13.2 Å². The van der Waals surface area contributed by atoms with Gasteiger partial charge < -0.3 is 36.7 Å². The highest BCUT2D eigenvalue weighted by Gasteiger charge is 2.38. The van der Waals surface area contributed by atoms with Crippen molar-refractivity contribution in [3.63, 3.8) is 0 Å². The quantitative estimate of drug-likeness (QED) is 0.204. The van der Waals surface area contributed by atoms with E-state index in [0.717, 1.165) is 5.56 Å². The topological polar surface area (TPSA) is 183 Å². The van der Waals surface area contributed by atoms with Crippen LogP contribution in [-0.2, 0) is 37.1 Å². The number of hydrogen-bond acceptors (Lipinski definition) is 7. The van der Waals surface area contributed by atoms with Gasteiger partial charge in [-0.25, -0.2) is 9.59 Å². The van der Waals surface area contributed by atoms with E-state index in [4.69, 9.17) is 42.4 Å². The monoisotopic (exact) mass is 604 g/mol. The number of rotatable bonds is 14. The number of carbonyl (C=O) groups is 4. The molecule has 0 radical (unpaired) electrons. The lowest BCUT2D eigenvalue weighted by molar-refractivity contribution is -0.192. The van der Waals surface area contributed by atoms with Crippen LogP contribution in [0.15, 0.2) is 54.6 Å². The van der Waals surface area contributed by atoms with E-state index in [0.29, 0.717) is 43.0 Å². The minimum atomic E-state index is -5.08. The molecule has 0 bridgehead atoms. The Morgan fingerprint density at radius 2 is 1.59 bits per heavy atom. The molecule has 226 valence electrons. The molecule has 0 aliphatic rings. The Bertz CT molecular complexity index is 1120. The fourth-order valence-electron chi connectivity index (χ4n) is 2.99. The molecule has 0 aliphatic carbocycles. The number of carboxylic acid groups (broad SMARTS) is 1. The third kappa shape index (κ3) is 15.5. The van der Waals surface area contributed by atoms with E-state index in [-0.39, 0.29) is 13.2 Å². The lowest BCUT2D eigenvalue weighted by Crippen LogP contribution is -2.51. The van der Waals surface area contributed by atoms with Gasteiger partial charge in [-0.3, -0.25) is 9.59 Å². The first kappa shape index (κ1) is 35.1. The number of carboxylic acids is 1. The predicted molar refractivity (Wildman–Crippen MR) is 142 cm³/mol. The van der Waals surface area contributed by atoms with E-state index in [1.807, 2.05) is 30.3 Å². The molecule has 3 amide bonds. The molecule has 2 atom stereocenters. The summed E-state index contributed by atoms with van der Waals surface area (Å²) in [7, 11) is 0. The van der Waals surface area contributed by atoms with Crippen molar-refractivity contribution in [2.45, 2.75) is 50.7 Å². The lowest BCUT2D eigenvalue weighted by Gasteiger charge is -2.18. The Hall–Kier alpha value is -3.88. The van der Waals surface area contributed by atoms with Gasteiger partial charge in [-0.1, -0.05) is 60.1 Å². The van der Waals surface area contributed by atoms with Crippen molar-refractivity contribution in [2.75, 3.05) is 13.2 Å². The molecule has 0 aliphatic heterocycles. The van der Waals surface area contributed by atoms with Crippen LogP contribution in [0, 0.1) is 0 Å². The maximum Gasteiger partial charge on any atom is 0.490 e. The summed E-state index contributed by atoms with van der Waals surface area (Å²) in [6, 6.07) is 14.8. The number of benzene rings is 2. The molecule has 0 saturated carbocycles. The van der Waals surface area contributed by atoms with Gasteiger partial charge in [-0.15, -0.1) is 0 Å². The number of alkyl halides is 3. The van der Waals surface area contributed by atoms with Crippen LogP contribution in [0.3, 0.4) is 0 Å². The molecule has 2 rings (SSSR count). The van der Waals surface area contributed by atoms with Crippen molar-refractivity contribution in [1.29, 1.82) is 0 Å². The van der Waals surface area contributed by atoms with E-state index in [1.165, 1.54) is 0 Å². The second-order valence-corrected chi connectivity index (χ2v) is 8.87. The summed E-state index contributed by atoms with van der Waals surface area (Å²) in [5, 5.41) is 12.8. The summed E-state index contributed by atoms with van der Waals surface area (Å²) in [5.74, 6) is -3.93. The van der Waals surface area contributed by atoms with E-state index in [1.54, 1.807) is 24.3 Å². The molecular formula is C26H32ClF3N4O7. The van der Waals surface area contributed by atoms with Gasteiger partial charge in [-0.05, 0) is 30.9 Å². The number of primary amides is 1. The van der Waals surface area contributed by atoms with Gasteiger partial charge in [0.25, 0.3) is 0 Å². The van der Waals surface area contributed by atoms with Gasteiger partial charge in [0.15, 0.2) is 0 Å². The molecule has 0 aromatic heterocycles. The fourth-order valence-corrected chi connectivity index (χ4v) is 3.18. The largest absolute Gasteiger partial charge is 0.490 e. The zero-order valence-electron chi connectivity index (χ0n) is 21.9. The lowest BCUT2D eigenvalue weighted by atomic mass is 10.1. The van der Waals surface area contributed by atoms with E-state index in [2.05, 4.69) is 10.6 Å². The number of nitrogens with one attached hydrogen (secondary N) is 2. The Kier molecular flexibility index (Phi) is 15.8. The normalized spacial score (nSPS) is 12.2. The first-order valence-corrected chi connectivity index (χ1v) is 12.6. The van der Waals surface area contributed by atoms with Crippen molar-refractivity contribution in [1.82, 2.24) is 10.6 Å². The number of carbonyl (C=O) groups excluding carboxylic acids is 3. The maximum atomic E-state index is 12.3. The smallest absolute Gasteiger partial charge is 0.475 e. The first-order chi connectivity index (χ1) is 19.3. The van der Waals surface area contributed by atoms with Crippen molar-refractivity contribution in [3.05, 3.63) is 70.7 Å². The van der Waals surface area contributed by atoms with Crippen LogP contribution >= 0.6 is 11.6 Å². The third-order valence-corrected chi connectivity index (χ3v) is 5.52. The Balaban J connectivity index is 0.00000106. The Morgan fingerprint density at radius 1 is 0.976 bits per heavy atom. The molecule has 7 N–H and O–H groups in total. The van der Waals surface area contributed by atoms with Gasteiger partial charge in [0, 0.05) is 17.1 Å². The summed E-state index contributed by atoms with van der Waals surface area (Å²) in [6.07, 6.45) is -4.23. The summed E-state index contributed by atoms with van der Waals surface area (Å²) in [6.45, 7) is 0.742. The molecule has 0 saturated heterocycles. The van der Waals surface area contributed by atoms with Crippen LogP contribution < -0.4 is 22.1 Å². The van der Waals surface area contributed by atoms with E-state index in [9.17, 15) is 27.6 Å². The minimum Gasteiger partial charge on any atom is -0.475 e. The van der Waals surface area contributed by atoms with E-state index >= 15 is 0 Å². The highest BCUT2D eigenvalue weighted by Crippen LogP contribution is 2.15. The average molecular weight is 605 g/mol. The molecule has 0 unspecified atom stereocenters. The summed E-state index contributed by atoms with van der Waals surface area (Å²) in [4.78, 5) is 44.7. The fraction of sp³-hybridized carbons (Fsp3) is 0.385. The number of amides is 3.